The maximum Gasteiger partial charge on any atom is 0.187 e. The van der Waals surface area contributed by atoms with Gasteiger partial charge in [0.25, 0.3) is 0 Å². The van der Waals surface area contributed by atoms with Crippen LogP contribution in [0.2, 0.25) is 0 Å². The van der Waals surface area contributed by atoms with Gasteiger partial charge in [0.15, 0.2) is 44.0 Å². The molecule has 7 aliphatic rings. The molecule has 0 aromatic heterocycles. The van der Waals surface area contributed by atoms with Gasteiger partial charge in [-0.3, -0.25) is 0 Å². The molecular formula is C43H74O33. The first-order chi connectivity index (χ1) is 35.8. The van der Waals surface area contributed by atoms with E-state index in [0.717, 1.165) is 7.11 Å². The smallest absolute Gasteiger partial charge is 0.187 e. The van der Waals surface area contributed by atoms with Crippen molar-refractivity contribution in [1.82, 2.24) is 0 Å². The third-order valence-corrected chi connectivity index (χ3v) is 14.6. The Kier molecular flexibility index (Phi) is 21.5. The summed E-state index contributed by atoms with van der Waals surface area (Å²) < 4.78 is 79.6. The monoisotopic (exact) mass is 1120 g/mol. The molecule has 33 nitrogen and oxygen atoms in total. The summed E-state index contributed by atoms with van der Waals surface area (Å²) in [7, 11) is 1.08. The highest BCUT2D eigenvalue weighted by Crippen LogP contribution is 2.36. The van der Waals surface area contributed by atoms with Crippen LogP contribution in [-0.2, 0) is 66.3 Å². The van der Waals surface area contributed by atoms with E-state index in [-0.39, 0.29) is 0 Å². The van der Waals surface area contributed by atoms with E-state index < -0.39 is 241 Å². The van der Waals surface area contributed by atoms with E-state index in [9.17, 15) is 97.0 Å². The lowest BCUT2D eigenvalue weighted by Crippen LogP contribution is -2.67. The highest BCUT2D eigenvalue weighted by molar-refractivity contribution is 4.99. The van der Waals surface area contributed by atoms with Crippen molar-refractivity contribution in [3.8, 4) is 0 Å². The van der Waals surface area contributed by atoms with Crippen LogP contribution in [0.4, 0.5) is 0 Å². The summed E-state index contributed by atoms with van der Waals surface area (Å²) in [6.45, 7) is 0.809. The van der Waals surface area contributed by atoms with Gasteiger partial charge in [0.2, 0.25) is 0 Å². The summed E-state index contributed by atoms with van der Waals surface area (Å²) in [5.74, 6) is 0. The molecule has 7 rings (SSSR count). The second-order valence-corrected chi connectivity index (χ2v) is 19.9. The normalized spacial score (nSPS) is 54.6. The van der Waals surface area contributed by atoms with E-state index in [1.807, 2.05) is 0 Å². The van der Waals surface area contributed by atoms with Crippen LogP contribution in [0.25, 0.3) is 0 Å². The average molecular weight is 1120 g/mol. The molecule has 19 N–H and O–H groups in total. The van der Waals surface area contributed by atoms with Crippen LogP contribution in [-0.4, -0.2) is 346 Å². The molecule has 0 radical (unpaired) electrons. The number of aliphatic hydroxyl groups is 19. The molecular weight excluding hydrogens is 1040 g/mol. The lowest BCUT2D eigenvalue weighted by Gasteiger charge is -2.49. The van der Waals surface area contributed by atoms with Crippen molar-refractivity contribution in [2.75, 3.05) is 33.5 Å². The van der Waals surface area contributed by atoms with Gasteiger partial charge in [0, 0.05) is 7.11 Å². The lowest BCUT2D eigenvalue weighted by atomic mass is 9.96. The van der Waals surface area contributed by atoms with E-state index >= 15 is 0 Å². The fraction of sp³-hybridized carbons (Fsp3) is 1.00. The Balaban J connectivity index is 1.08. The predicted molar refractivity (Wildman–Crippen MR) is 232 cm³/mol. The van der Waals surface area contributed by atoms with Crippen LogP contribution < -0.4 is 0 Å². The number of methoxy groups -OCH3 is 1. The van der Waals surface area contributed by atoms with Crippen molar-refractivity contribution in [1.29, 1.82) is 0 Å². The largest absolute Gasteiger partial charge is 0.394 e. The molecule has 7 aliphatic heterocycles. The average Bonchev–Trinajstić information content (AvgIpc) is 3.39. The van der Waals surface area contributed by atoms with Crippen LogP contribution in [0, 0.1) is 0 Å². The van der Waals surface area contributed by atoms with Gasteiger partial charge < -0.3 is 163 Å². The van der Waals surface area contributed by atoms with Gasteiger partial charge in [0.05, 0.1) is 44.7 Å². The summed E-state index contributed by atoms with van der Waals surface area (Å²) >= 11 is 0. The van der Waals surface area contributed by atoms with Gasteiger partial charge in [-0.2, -0.15) is 0 Å². The van der Waals surface area contributed by atoms with Crippen LogP contribution in [0.15, 0.2) is 0 Å². The minimum atomic E-state index is -2.17. The standard InChI is InChI=1S/C43H74O33/c1-9-16(45)23(52)29(58)38(67-9)64-6-13-20(49)26(55)30(59)39(72-13)65-7-14-21(50)28(57)36(76-41-32(61)25(54)18(47)11(3)69-41)43(73-14)74-34-22(51)15(71-37(63-4)33(34)62)8-66-42-35(27(56)19(48)12(5-44)70-42)75-40-31(60)24(53)17(46)10(2)68-40/h9-62H,5-8H2,1-4H3/t9-,10-,11-,12+,13+,14+,15+,16+,17+,18+,19-,20-,21-,22-,23+,24+,25+,26-,27-,28-,29-,30+,31-,32-,33+,34-,35+,36+,37+,38+,39+,40-,41-,42+,43-/m0/s1. The van der Waals surface area contributed by atoms with Crippen LogP contribution in [0.5, 0.6) is 0 Å². The zero-order valence-corrected chi connectivity index (χ0v) is 41.2. The summed E-state index contributed by atoms with van der Waals surface area (Å²) in [6.07, 6.45) is -61.9. The Morgan fingerprint density at radius 2 is 0.592 bits per heavy atom. The second-order valence-electron chi connectivity index (χ2n) is 19.9. The molecule has 76 heavy (non-hydrogen) atoms. The molecule has 0 aromatic carbocycles. The van der Waals surface area contributed by atoms with Crippen molar-refractivity contribution in [2.24, 2.45) is 0 Å². The molecule has 7 heterocycles. The zero-order valence-electron chi connectivity index (χ0n) is 41.2. The van der Waals surface area contributed by atoms with Gasteiger partial charge in [-0.05, 0) is 20.8 Å². The molecule has 0 aromatic rings. The maximum atomic E-state index is 11.8. The molecule has 0 amide bonds. The lowest BCUT2D eigenvalue weighted by molar-refractivity contribution is -0.393. The van der Waals surface area contributed by atoms with E-state index in [4.69, 9.17) is 66.3 Å². The number of hydrogen-bond donors (Lipinski definition) is 19. The minimum absolute atomic E-state index is 0.673. The first kappa shape index (κ1) is 62.3. The van der Waals surface area contributed by atoms with Crippen molar-refractivity contribution in [3.63, 3.8) is 0 Å². The van der Waals surface area contributed by atoms with Crippen LogP contribution >= 0.6 is 0 Å². The first-order valence-electron chi connectivity index (χ1n) is 24.6. The minimum Gasteiger partial charge on any atom is -0.394 e. The molecule has 0 aliphatic carbocycles. The Morgan fingerprint density at radius 1 is 0.276 bits per heavy atom. The van der Waals surface area contributed by atoms with Crippen molar-refractivity contribution in [2.45, 2.75) is 236 Å². The van der Waals surface area contributed by atoms with Crippen LogP contribution in [0.3, 0.4) is 0 Å². The van der Waals surface area contributed by atoms with Gasteiger partial charge in [-0.25, -0.2) is 0 Å². The number of hydrogen-bond acceptors (Lipinski definition) is 33. The van der Waals surface area contributed by atoms with E-state index in [2.05, 4.69) is 0 Å². The molecule has 33 heteroatoms. The highest BCUT2D eigenvalue weighted by atomic mass is 16.8. The van der Waals surface area contributed by atoms with Crippen molar-refractivity contribution < 1.29 is 163 Å². The fourth-order valence-electron chi connectivity index (χ4n) is 9.66. The summed E-state index contributed by atoms with van der Waals surface area (Å²) in [5, 5.41) is 204. The molecule has 7 saturated heterocycles. The van der Waals surface area contributed by atoms with Crippen LogP contribution in [0.1, 0.15) is 20.8 Å². The van der Waals surface area contributed by atoms with Gasteiger partial charge >= 0.3 is 0 Å². The topological polar surface area (TPSA) is 514 Å². The molecule has 0 unspecified atom stereocenters. The Bertz CT molecular complexity index is 1780. The van der Waals surface area contributed by atoms with E-state index in [0.29, 0.717) is 0 Å². The number of rotatable bonds is 17. The summed E-state index contributed by atoms with van der Waals surface area (Å²) in [5.41, 5.74) is 0. The molecule has 444 valence electrons. The van der Waals surface area contributed by atoms with Crippen molar-refractivity contribution in [3.05, 3.63) is 0 Å². The first-order valence-corrected chi connectivity index (χ1v) is 24.6. The molecule has 0 saturated carbocycles. The van der Waals surface area contributed by atoms with Crippen molar-refractivity contribution >= 4 is 0 Å². The Morgan fingerprint density at radius 3 is 1.05 bits per heavy atom. The Labute approximate surface area is 432 Å². The summed E-state index contributed by atoms with van der Waals surface area (Å²) in [4.78, 5) is 0. The fourth-order valence-corrected chi connectivity index (χ4v) is 9.66. The maximum absolute atomic E-state index is 11.8. The Hall–Kier alpha value is -1.32. The van der Waals surface area contributed by atoms with Gasteiger partial charge in [0.1, 0.15) is 153 Å². The molecule has 0 bridgehead atoms. The molecule has 35 atom stereocenters. The van der Waals surface area contributed by atoms with E-state index in [1.165, 1.54) is 20.8 Å². The highest BCUT2D eigenvalue weighted by Gasteiger charge is 2.57. The SMILES string of the molecule is CO[C@@H]1O[C@H](CO[C@@H]2O[C@H](CO)[C@H](O)[C@H](O)[C@H]2O[C@@H]2O[C@@H](C)[C@@H](O)[C@@H](O)[C@@H]2O)[C@H](O)[C@H](O[C@@H]2O[C@H](CO[C@@H]3O[C@H](CO[C@@H]4O[C@@H](C)[C@@H](O)[C@@H](O)[C@@H]4O)[C@H](O)[C@H](O)[C@H]3O)[C@H](O)[C@H](O)[C@H]2O[C@@H]2O[C@@H](C)[C@@H](O)[C@@H](O)[C@@H]2O)[C@H]1O. The third-order valence-electron chi connectivity index (χ3n) is 14.6. The molecule has 0 spiro atoms. The van der Waals surface area contributed by atoms with Gasteiger partial charge in [-0.15, -0.1) is 0 Å². The second kappa shape index (κ2) is 26.3. The number of ether oxygens (including phenoxy) is 14. The third kappa shape index (κ3) is 13.0. The number of aliphatic hydroxyl groups excluding tert-OH is 19. The summed E-state index contributed by atoms with van der Waals surface area (Å²) in [6, 6.07) is 0. The predicted octanol–water partition coefficient (Wildman–Crippen LogP) is -12.5. The molecule has 7 fully saturated rings. The van der Waals surface area contributed by atoms with Gasteiger partial charge in [-0.1, -0.05) is 0 Å². The van der Waals surface area contributed by atoms with E-state index in [1.54, 1.807) is 0 Å². The quantitative estimate of drug-likeness (QED) is 0.0643. The zero-order chi connectivity index (χ0) is 55.9.